The van der Waals surface area contributed by atoms with Gasteiger partial charge in [-0.1, -0.05) is 23.7 Å². The first-order valence-corrected chi connectivity index (χ1v) is 6.33. The van der Waals surface area contributed by atoms with Crippen molar-refractivity contribution in [1.82, 2.24) is 0 Å². The van der Waals surface area contributed by atoms with E-state index in [1.54, 1.807) is 24.3 Å². The number of hydrogen-bond donors (Lipinski definition) is 0. The van der Waals surface area contributed by atoms with Crippen LogP contribution in [-0.4, -0.2) is 13.3 Å². The molecule has 21 heavy (non-hydrogen) atoms. The number of aliphatic imine (C=N–C) groups is 1. The minimum absolute atomic E-state index is 0.132. The summed E-state index contributed by atoms with van der Waals surface area (Å²) in [6, 6.07) is 10.3. The first kappa shape index (κ1) is 15.4. The van der Waals surface area contributed by atoms with E-state index in [0.717, 1.165) is 6.07 Å². The Morgan fingerprint density at radius 1 is 1.10 bits per heavy atom. The minimum atomic E-state index is -4.50. The number of alkyl halides is 3. The van der Waals surface area contributed by atoms with Crippen LogP contribution in [0, 0.1) is 0 Å². The first-order valence-electron chi connectivity index (χ1n) is 5.95. The third kappa shape index (κ3) is 3.98. The lowest BCUT2D eigenvalue weighted by Gasteiger charge is -2.11. The first-order chi connectivity index (χ1) is 9.90. The molecule has 0 aliphatic carbocycles. The number of hydrogen-bond acceptors (Lipinski definition) is 2. The largest absolute Gasteiger partial charge is 0.497 e. The SMILES string of the molecule is COc1ccc(N=Cc2ccc(Cl)cc2)c(C(F)(F)F)c1. The van der Waals surface area contributed by atoms with Crippen LogP contribution in [0.1, 0.15) is 11.1 Å². The van der Waals surface area contributed by atoms with Crippen molar-refractivity contribution in [2.24, 2.45) is 4.99 Å². The maximum Gasteiger partial charge on any atom is 0.418 e. The Bertz CT molecular complexity index is 651. The van der Waals surface area contributed by atoms with Crippen LogP contribution < -0.4 is 4.74 Å². The van der Waals surface area contributed by atoms with E-state index in [0.29, 0.717) is 10.6 Å². The lowest BCUT2D eigenvalue weighted by molar-refractivity contribution is -0.137. The molecular formula is C15H11ClF3NO. The van der Waals surface area contributed by atoms with E-state index in [-0.39, 0.29) is 11.4 Å². The van der Waals surface area contributed by atoms with E-state index in [1.165, 1.54) is 25.5 Å². The zero-order chi connectivity index (χ0) is 15.5. The highest BCUT2D eigenvalue weighted by molar-refractivity contribution is 6.30. The Hall–Kier alpha value is -2.01. The molecular weight excluding hydrogens is 303 g/mol. The Kier molecular flexibility index (Phi) is 4.53. The molecule has 0 bridgehead atoms. The Morgan fingerprint density at radius 3 is 2.33 bits per heavy atom. The van der Waals surface area contributed by atoms with Crippen LogP contribution >= 0.6 is 11.6 Å². The highest BCUT2D eigenvalue weighted by Crippen LogP contribution is 2.38. The van der Waals surface area contributed by atoms with Gasteiger partial charge in [-0.15, -0.1) is 0 Å². The standard InChI is InChI=1S/C15H11ClF3NO/c1-21-12-6-7-14(13(8-12)15(17,18)19)20-9-10-2-4-11(16)5-3-10/h2-9H,1H3. The molecule has 2 aromatic carbocycles. The molecule has 0 amide bonds. The second-order valence-corrected chi connectivity index (χ2v) is 4.63. The number of nitrogens with zero attached hydrogens (tertiary/aromatic N) is 1. The summed E-state index contributed by atoms with van der Waals surface area (Å²) in [6.07, 6.45) is -3.14. The maximum atomic E-state index is 13.0. The van der Waals surface area contributed by atoms with Gasteiger partial charge in [0.05, 0.1) is 18.4 Å². The zero-order valence-corrected chi connectivity index (χ0v) is 11.7. The van der Waals surface area contributed by atoms with Gasteiger partial charge in [-0.3, -0.25) is 4.99 Å². The summed E-state index contributed by atoms with van der Waals surface area (Å²) < 4.78 is 43.8. The van der Waals surface area contributed by atoms with Gasteiger partial charge in [0.2, 0.25) is 0 Å². The average molecular weight is 314 g/mol. The van der Waals surface area contributed by atoms with Crippen LogP contribution in [0.2, 0.25) is 5.02 Å². The van der Waals surface area contributed by atoms with Gasteiger partial charge >= 0.3 is 6.18 Å². The van der Waals surface area contributed by atoms with Crippen LogP contribution in [0.25, 0.3) is 0 Å². The molecule has 110 valence electrons. The molecule has 0 N–H and O–H groups in total. The van der Waals surface area contributed by atoms with E-state index in [4.69, 9.17) is 16.3 Å². The zero-order valence-electron chi connectivity index (χ0n) is 11.0. The van der Waals surface area contributed by atoms with Gasteiger partial charge in [0.1, 0.15) is 5.75 Å². The number of rotatable bonds is 3. The lowest BCUT2D eigenvalue weighted by atomic mass is 10.1. The minimum Gasteiger partial charge on any atom is -0.497 e. The topological polar surface area (TPSA) is 21.6 Å². The van der Waals surface area contributed by atoms with Gasteiger partial charge < -0.3 is 4.74 Å². The quantitative estimate of drug-likeness (QED) is 0.721. The van der Waals surface area contributed by atoms with Crippen LogP contribution in [0.3, 0.4) is 0 Å². The highest BCUT2D eigenvalue weighted by atomic mass is 35.5. The van der Waals surface area contributed by atoms with Crippen molar-refractivity contribution in [1.29, 1.82) is 0 Å². The highest BCUT2D eigenvalue weighted by Gasteiger charge is 2.34. The second-order valence-electron chi connectivity index (χ2n) is 4.19. The Labute approximate surface area is 124 Å². The van der Waals surface area contributed by atoms with Crippen molar-refractivity contribution in [3.63, 3.8) is 0 Å². The van der Waals surface area contributed by atoms with Crippen molar-refractivity contribution >= 4 is 23.5 Å². The number of benzene rings is 2. The molecule has 0 atom stereocenters. The predicted molar refractivity (Wildman–Crippen MR) is 76.7 cm³/mol. The molecule has 2 aromatic rings. The number of methoxy groups -OCH3 is 1. The predicted octanol–water partition coefficient (Wildman–Crippen LogP) is 5.12. The van der Waals surface area contributed by atoms with E-state index in [1.807, 2.05) is 0 Å². The van der Waals surface area contributed by atoms with E-state index in [9.17, 15) is 13.2 Å². The molecule has 0 heterocycles. The summed E-state index contributed by atoms with van der Waals surface area (Å²) in [7, 11) is 1.31. The molecule has 0 fully saturated rings. The van der Waals surface area contributed by atoms with Gasteiger partial charge in [0.15, 0.2) is 0 Å². The number of ether oxygens (including phenoxy) is 1. The summed E-state index contributed by atoms with van der Waals surface area (Å²) in [6.45, 7) is 0. The molecule has 0 unspecified atom stereocenters. The van der Waals surface area contributed by atoms with Crippen LogP contribution in [-0.2, 0) is 6.18 Å². The summed E-state index contributed by atoms with van der Waals surface area (Å²) in [4.78, 5) is 3.90. The normalized spacial score (nSPS) is 11.9. The van der Waals surface area contributed by atoms with Gasteiger partial charge in [0, 0.05) is 11.2 Å². The molecule has 2 nitrogen and oxygen atoms in total. The van der Waals surface area contributed by atoms with E-state index < -0.39 is 11.7 Å². The molecule has 0 saturated carbocycles. The van der Waals surface area contributed by atoms with Crippen molar-refractivity contribution in [3.05, 3.63) is 58.6 Å². The summed E-state index contributed by atoms with van der Waals surface area (Å²) in [5.74, 6) is 0.132. The summed E-state index contributed by atoms with van der Waals surface area (Å²) >= 11 is 5.74. The molecule has 0 radical (unpaired) electrons. The fourth-order valence-electron chi connectivity index (χ4n) is 1.67. The molecule has 0 spiro atoms. The van der Waals surface area contributed by atoms with Crippen molar-refractivity contribution < 1.29 is 17.9 Å². The molecule has 0 aromatic heterocycles. The van der Waals surface area contributed by atoms with Gasteiger partial charge in [-0.25, -0.2) is 0 Å². The Balaban J connectivity index is 2.37. The molecule has 6 heteroatoms. The second kappa shape index (κ2) is 6.18. The smallest absolute Gasteiger partial charge is 0.418 e. The third-order valence-corrected chi connectivity index (χ3v) is 2.98. The van der Waals surface area contributed by atoms with Crippen LogP contribution in [0.15, 0.2) is 47.5 Å². The summed E-state index contributed by atoms with van der Waals surface area (Å²) in [5.41, 5.74) is -0.353. The molecule has 0 saturated heterocycles. The lowest BCUT2D eigenvalue weighted by Crippen LogP contribution is -2.05. The van der Waals surface area contributed by atoms with Crippen molar-refractivity contribution in [2.45, 2.75) is 6.18 Å². The monoisotopic (exact) mass is 313 g/mol. The molecule has 0 aliphatic heterocycles. The van der Waals surface area contributed by atoms with Gasteiger partial charge in [-0.05, 0) is 35.9 Å². The molecule has 0 aliphatic rings. The fourth-order valence-corrected chi connectivity index (χ4v) is 1.80. The summed E-state index contributed by atoms with van der Waals surface area (Å²) in [5, 5.41) is 0.549. The van der Waals surface area contributed by atoms with Gasteiger partial charge in [0.25, 0.3) is 0 Å². The van der Waals surface area contributed by atoms with Crippen molar-refractivity contribution in [2.75, 3.05) is 7.11 Å². The van der Waals surface area contributed by atoms with E-state index >= 15 is 0 Å². The Morgan fingerprint density at radius 2 is 1.76 bits per heavy atom. The van der Waals surface area contributed by atoms with E-state index in [2.05, 4.69) is 4.99 Å². The van der Waals surface area contributed by atoms with Gasteiger partial charge in [-0.2, -0.15) is 13.2 Å². The average Bonchev–Trinajstić information content (AvgIpc) is 2.45. The van der Waals surface area contributed by atoms with Crippen LogP contribution in [0.5, 0.6) is 5.75 Å². The third-order valence-electron chi connectivity index (χ3n) is 2.73. The molecule has 2 rings (SSSR count). The number of halogens is 4. The fraction of sp³-hybridized carbons (Fsp3) is 0.133. The van der Waals surface area contributed by atoms with Crippen molar-refractivity contribution in [3.8, 4) is 5.75 Å². The maximum absolute atomic E-state index is 13.0. The van der Waals surface area contributed by atoms with Crippen LogP contribution in [0.4, 0.5) is 18.9 Å².